The van der Waals surface area contributed by atoms with Crippen LogP contribution in [-0.4, -0.2) is 26.6 Å². The van der Waals surface area contributed by atoms with Gasteiger partial charge in [0.15, 0.2) is 0 Å². The van der Waals surface area contributed by atoms with E-state index < -0.39 is 0 Å². The Labute approximate surface area is 133 Å². The smallest absolute Gasteiger partial charge is 0.290 e. The van der Waals surface area contributed by atoms with Crippen LogP contribution in [0.5, 0.6) is 5.75 Å². The Balaban J connectivity index is 1.84. The predicted molar refractivity (Wildman–Crippen MR) is 87.8 cm³/mol. The number of carbonyl (C=O) groups excluding carboxylic acids is 1. The highest BCUT2D eigenvalue weighted by molar-refractivity contribution is 5.95. The average Bonchev–Trinajstić information content (AvgIpc) is 2.82. The Morgan fingerprint density at radius 3 is 2.91 bits per heavy atom. The van der Waals surface area contributed by atoms with Crippen molar-refractivity contribution in [3.05, 3.63) is 65.1 Å². The first kappa shape index (κ1) is 14.8. The van der Waals surface area contributed by atoms with Crippen molar-refractivity contribution in [1.29, 1.82) is 0 Å². The third-order valence-electron chi connectivity index (χ3n) is 3.41. The number of aryl methyl sites for hydroxylation is 2. The molecule has 3 aromatic rings. The zero-order chi connectivity index (χ0) is 16.4. The highest BCUT2D eigenvalue weighted by Gasteiger charge is 2.15. The maximum absolute atomic E-state index is 12.4. The van der Waals surface area contributed by atoms with Crippen LogP contribution in [-0.2, 0) is 0 Å². The number of nitrogens with zero attached hydrogens (tertiary/aromatic N) is 3. The van der Waals surface area contributed by atoms with Gasteiger partial charge in [-0.15, -0.1) is 0 Å². The van der Waals surface area contributed by atoms with Crippen LogP contribution in [0.3, 0.4) is 0 Å². The second-order valence-corrected chi connectivity index (χ2v) is 5.27. The first-order valence-electron chi connectivity index (χ1n) is 7.12. The number of hydrogen-bond acceptors (Lipinski definition) is 4. The normalized spacial score (nSPS) is 11.2. The van der Waals surface area contributed by atoms with Gasteiger partial charge in [0.25, 0.3) is 5.91 Å². The minimum atomic E-state index is -0.336. The van der Waals surface area contributed by atoms with E-state index in [4.69, 9.17) is 0 Å². The fraction of sp³-hybridized carbons (Fsp3) is 0.118. The highest BCUT2D eigenvalue weighted by Crippen LogP contribution is 2.13. The summed E-state index contributed by atoms with van der Waals surface area (Å²) < 4.78 is 1.75. The van der Waals surface area contributed by atoms with Crippen molar-refractivity contribution >= 4 is 17.8 Å². The Morgan fingerprint density at radius 1 is 1.30 bits per heavy atom. The molecule has 0 spiro atoms. The molecule has 23 heavy (non-hydrogen) atoms. The molecule has 2 aromatic heterocycles. The van der Waals surface area contributed by atoms with Gasteiger partial charge >= 0.3 is 0 Å². The van der Waals surface area contributed by atoms with Crippen LogP contribution < -0.4 is 5.43 Å². The maximum Gasteiger partial charge on any atom is 0.290 e. The van der Waals surface area contributed by atoms with Crippen LogP contribution in [0.15, 0.2) is 47.7 Å². The van der Waals surface area contributed by atoms with E-state index in [2.05, 4.69) is 15.5 Å². The molecule has 6 nitrogen and oxygen atoms in total. The van der Waals surface area contributed by atoms with E-state index in [1.165, 1.54) is 6.21 Å². The maximum atomic E-state index is 12.4. The summed E-state index contributed by atoms with van der Waals surface area (Å²) in [6, 6.07) is 10.4. The van der Waals surface area contributed by atoms with Gasteiger partial charge < -0.3 is 5.11 Å². The van der Waals surface area contributed by atoms with Gasteiger partial charge in [-0.25, -0.2) is 10.4 Å². The Kier molecular flexibility index (Phi) is 3.80. The van der Waals surface area contributed by atoms with E-state index in [-0.39, 0.29) is 11.7 Å². The minimum Gasteiger partial charge on any atom is -0.508 e. The first-order valence-corrected chi connectivity index (χ1v) is 7.12. The molecule has 0 aliphatic heterocycles. The molecule has 0 saturated heterocycles. The van der Waals surface area contributed by atoms with Gasteiger partial charge in [0.1, 0.15) is 17.1 Å². The molecule has 0 unspecified atom stereocenters. The third kappa shape index (κ3) is 3.06. The molecular weight excluding hydrogens is 292 g/mol. The molecule has 0 aliphatic rings. The molecule has 1 amide bonds. The second kappa shape index (κ2) is 5.92. The van der Waals surface area contributed by atoms with Gasteiger partial charge in [-0.1, -0.05) is 18.2 Å². The first-order chi connectivity index (χ1) is 11.0. The fourth-order valence-electron chi connectivity index (χ4n) is 2.37. The molecule has 1 aromatic carbocycles. The molecule has 6 heteroatoms. The van der Waals surface area contributed by atoms with Crippen molar-refractivity contribution in [3.8, 4) is 5.75 Å². The lowest BCUT2D eigenvalue weighted by atomic mass is 10.2. The Bertz CT molecular complexity index is 912. The number of hydrogen-bond donors (Lipinski definition) is 2. The van der Waals surface area contributed by atoms with Crippen molar-refractivity contribution in [2.45, 2.75) is 13.8 Å². The zero-order valence-corrected chi connectivity index (χ0v) is 12.8. The molecule has 0 atom stereocenters. The van der Waals surface area contributed by atoms with Gasteiger partial charge in [-0.3, -0.25) is 9.20 Å². The second-order valence-electron chi connectivity index (χ2n) is 5.27. The highest BCUT2D eigenvalue weighted by atomic mass is 16.3. The number of rotatable bonds is 3. The molecule has 0 bridgehead atoms. The molecule has 0 radical (unpaired) electrons. The van der Waals surface area contributed by atoms with Gasteiger partial charge in [-0.05, 0) is 43.2 Å². The predicted octanol–water partition coefficient (Wildman–Crippen LogP) is 2.42. The number of imidazole rings is 1. The van der Waals surface area contributed by atoms with Crippen molar-refractivity contribution in [3.63, 3.8) is 0 Å². The van der Waals surface area contributed by atoms with E-state index in [9.17, 15) is 9.90 Å². The molecule has 0 fully saturated rings. The summed E-state index contributed by atoms with van der Waals surface area (Å²) in [5.74, 6) is -0.189. The standard InChI is InChI=1S/C17H16N4O2/c1-11-6-7-15-19-12(2)16(21(15)10-11)17(23)20-18-9-13-4-3-5-14(22)8-13/h3-10,22H,1-2H3,(H,20,23). The van der Waals surface area contributed by atoms with Gasteiger partial charge in [0.2, 0.25) is 0 Å². The number of pyridine rings is 1. The number of amides is 1. The minimum absolute atomic E-state index is 0.147. The van der Waals surface area contributed by atoms with Crippen LogP contribution in [0.1, 0.15) is 27.3 Å². The largest absolute Gasteiger partial charge is 0.508 e. The monoisotopic (exact) mass is 308 g/mol. The molecule has 3 rings (SSSR count). The van der Waals surface area contributed by atoms with E-state index in [0.29, 0.717) is 17.0 Å². The lowest BCUT2D eigenvalue weighted by Gasteiger charge is -2.02. The van der Waals surface area contributed by atoms with E-state index in [0.717, 1.165) is 11.2 Å². The number of fused-ring (bicyclic) bond motifs is 1. The molecule has 0 aliphatic carbocycles. The van der Waals surface area contributed by atoms with Crippen LogP contribution in [0.2, 0.25) is 0 Å². The topological polar surface area (TPSA) is 79.0 Å². The fourth-order valence-corrected chi connectivity index (χ4v) is 2.37. The van der Waals surface area contributed by atoms with E-state index >= 15 is 0 Å². The quantitative estimate of drug-likeness (QED) is 0.576. The van der Waals surface area contributed by atoms with Gasteiger partial charge in [0.05, 0.1) is 11.9 Å². The van der Waals surface area contributed by atoms with Crippen molar-refractivity contribution in [2.24, 2.45) is 5.10 Å². The van der Waals surface area contributed by atoms with Crippen molar-refractivity contribution < 1.29 is 9.90 Å². The zero-order valence-electron chi connectivity index (χ0n) is 12.8. The molecule has 0 saturated carbocycles. The summed E-state index contributed by atoms with van der Waals surface area (Å²) in [6.07, 6.45) is 3.34. The van der Waals surface area contributed by atoms with Crippen molar-refractivity contribution in [2.75, 3.05) is 0 Å². The number of carbonyl (C=O) groups is 1. The number of aromatic hydroxyl groups is 1. The number of benzene rings is 1. The summed E-state index contributed by atoms with van der Waals surface area (Å²) in [7, 11) is 0. The Hall–Kier alpha value is -3.15. The molecule has 2 heterocycles. The number of hydrazone groups is 1. The van der Waals surface area contributed by atoms with Crippen LogP contribution in [0.4, 0.5) is 0 Å². The molecule has 2 N–H and O–H groups in total. The average molecular weight is 308 g/mol. The summed E-state index contributed by atoms with van der Waals surface area (Å²) in [6.45, 7) is 3.74. The van der Waals surface area contributed by atoms with Crippen LogP contribution in [0.25, 0.3) is 5.65 Å². The van der Waals surface area contributed by atoms with Gasteiger partial charge in [-0.2, -0.15) is 5.10 Å². The molecular formula is C17H16N4O2. The summed E-state index contributed by atoms with van der Waals surface area (Å²) in [4.78, 5) is 16.7. The third-order valence-corrected chi connectivity index (χ3v) is 3.41. The number of nitrogens with one attached hydrogen (secondary N) is 1. The summed E-state index contributed by atoms with van der Waals surface area (Å²) >= 11 is 0. The molecule has 116 valence electrons. The SMILES string of the molecule is Cc1ccc2nc(C)c(C(=O)NN=Cc3cccc(O)c3)n2c1. The number of aromatic nitrogens is 2. The van der Waals surface area contributed by atoms with E-state index in [1.54, 1.807) is 35.6 Å². The Morgan fingerprint density at radius 2 is 2.13 bits per heavy atom. The van der Waals surface area contributed by atoms with Crippen LogP contribution >= 0.6 is 0 Å². The number of phenolic OH excluding ortho intramolecular Hbond substituents is 1. The lowest BCUT2D eigenvalue weighted by Crippen LogP contribution is -2.20. The van der Waals surface area contributed by atoms with Gasteiger partial charge in [0, 0.05) is 6.20 Å². The summed E-state index contributed by atoms with van der Waals surface area (Å²) in [5.41, 5.74) is 6.03. The van der Waals surface area contributed by atoms with Crippen molar-refractivity contribution in [1.82, 2.24) is 14.8 Å². The van der Waals surface area contributed by atoms with E-state index in [1.807, 2.05) is 25.3 Å². The lowest BCUT2D eigenvalue weighted by molar-refractivity contribution is 0.0948. The summed E-state index contributed by atoms with van der Waals surface area (Å²) in [5, 5.41) is 13.3. The number of phenols is 1. The van der Waals surface area contributed by atoms with Crippen LogP contribution in [0, 0.1) is 13.8 Å².